The zero-order valence-electron chi connectivity index (χ0n) is 16.2. The largest absolute Gasteiger partial charge is 0.478 e. The number of carboxylic acids is 1. The maximum Gasteiger partial charge on any atom is 0.337 e. The summed E-state index contributed by atoms with van der Waals surface area (Å²) in [5.41, 5.74) is 3.37. The molecule has 0 unspecified atom stereocenters. The lowest BCUT2D eigenvalue weighted by molar-refractivity contribution is -0.114. The van der Waals surface area contributed by atoms with Gasteiger partial charge in [-0.15, -0.1) is 0 Å². The van der Waals surface area contributed by atoms with E-state index in [9.17, 15) is 14.7 Å². The summed E-state index contributed by atoms with van der Waals surface area (Å²) >= 11 is 5.93. The summed E-state index contributed by atoms with van der Waals surface area (Å²) < 4.78 is 5.82. The third kappa shape index (κ3) is 3.65. The summed E-state index contributed by atoms with van der Waals surface area (Å²) in [4.78, 5) is 24.2. The first-order chi connectivity index (χ1) is 14.3. The molecule has 0 saturated heterocycles. The number of carboxylic acid groups (broad SMARTS) is 1. The second-order valence-corrected chi connectivity index (χ2v) is 7.30. The quantitative estimate of drug-likeness (QED) is 0.572. The van der Waals surface area contributed by atoms with Crippen LogP contribution < -0.4 is 5.01 Å². The number of anilines is 1. The van der Waals surface area contributed by atoms with Gasteiger partial charge in [0.2, 0.25) is 0 Å². The van der Waals surface area contributed by atoms with Gasteiger partial charge in [-0.3, -0.25) is 4.79 Å². The van der Waals surface area contributed by atoms with Crippen molar-refractivity contribution in [1.29, 1.82) is 0 Å². The smallest absolute Gasteiger partial charge is 0.337 e. The van der Waals surface area contributed by atoms with Gasteiger partial charge in [0.25, 0.3) is 5.91 Å². The standard InChI is InChI=1S/C23H17ClN2O4/c1-13-3-6-16(7-4-13)26-22(27)18(14(2)25-26)12-17-8-10-21(30-17)15-5-9-20(24)19(11-15)23(28)29/h3-12H,1-2H3,(H,28,29)/b18-12+. The zero-order valence-corrected chi connectivity index (χ0v) is 17.0. The van der Waals surface area contributed by atoms with Gasteiger partial charge < -0.3 is 9.52 Å². The van der Waals surface area contributed by atoms with Crippen LogP contribution in [0.15, 0.2) is 69.7 Å². The molecule has 1 aliphatic rings. The minimum Gasteiger partial charge on any atom is -0.478 e. The van der Waals surface area contributed by atoms with Crippen LogP contribution in [0.4, 0.5) is 5.69 Å². The highest BCUT2D eigenvalue weighted by Gasteiger charge is 2.29. The molecular weight excluding hydrogens is 404 g/mol. The molecule has 3 aromatic rings. The van der Waals surface area contributed by atoms with E-state index < -0.39 is 5.97 Å². The lowest BCUT2D eigenvalue weighted by Gasteiger charge is -2.11. The molecule has 0 atom stereocenters. The summed E-state index contributed by atoms with van der Waals surface area (Å²) in [5, 5.41) is 15.1. The number of benzene rings is 2. The molecule has 0 fully saturated rings. The highest BCUT2D eigenvalue weighted by molar-refractivity contribution is 6.33. The lowest BCUT2D eigenvalue weighted by Crippen LogP contribution is -2.21. The van der Waals surface area contributed by atoms with Crippen LogP contribution in [-0.2, 0) is 4.79 Å². The number of rotatable bonds is 4. The second-order valence-electron chi connectivity index (χ2n) is 6.90. The van der Waals surface area contributed by atoms with E-state index in [1.807, 2.05) is 31.2 Å². The average Bonchev–Trinajstić information content (AvgIpc) is 3.29. The molecule has 1 N–H and O–H groups in total. The Kier molecular flexibility index (Phi) is 5.01. The molecule has 7 heteroatoms. The molecule has 4 rings (SSSR count). The molecule has 150 valence electrons. The van der Waals surface area contributed by atoms with Crippen molar-refractivity contribution in [3.63, 3.8) is 0 Å². The summed E-state index contributed by atoms with van der Waals surface area (Å²) in [6, 6.07) is 15.6. The first-order valence-corrected chi connectivity index (χ1v) is 9.53. The molecule has 0 saturated carbocycles. The lowest BCUT2D eigenvalue weighted by atomic mass is 10.1. The molecule has 2 aromatic carbocycles. The number of aryl methyl sites for hydroxylation is 1. The van der Waals surface area contributed by atoms with Crippen molar-refractivity contribution in [1.82, 2.24) is 0 Å². The molecule has 1 aromatic heterocycles. The molecule has 1 aliphatic heterocycles. The van der Waals surface area contributed by atoms with Crippen molar-refractivity contribution in [2.24, 2.45) is 5.10 Å². The molecule has 6 nitrogen and oxygen atoms in total. The van der Waals surface area contributed by atoms with Crippen LogP contribution in [-0.4, -0.2) is 22.7 Å². The van der Waals surface area contributed by atoms with Crippen LogP contribution in [0.3, 0.4) is 0 Å². The minimum absolute atomic E-state index is 0.00633. The van der Waals surface area contributed by atoms with E-state index in [0.29, 0.717) is 34.1 Å². The fourth-order valence-corrected chi connectivity index (χ4v) is 3.31. The Morgan fingerprint density at radius 2 is 1.83 bits per heavy atom. The summed E-state index contributed by atoms with van der Waals surface area (Å²) in [6.07, 6.45) is 1.63. The molecule has 30 heavy (non-hydrogen) atoms. The van der Waals surface area contributed by atoms with E-state index >= 15 is 0 Å². The van der Waals surface area contributed by atoms with Gasteiger partial charge in [-0.1, -0.05) is 29.3 Å². The monoisotopic (exact) mass is 420 g/mol. The Bertz CT molecular complexity index is 1220. The number of halogens is 1. The van der Waals surface area contributed by atoms with Gasteiger partial charge in [0.1, 0.15) is 11.5 Å². The van der Waals surface area contributed by atoms with Crippen LogP contribution in [0, 0.1) is 6.92 Å². The molecule has 1 amide bonds. The van der Waals surface area contributed by atoms with Gasteiger partial charge >= 0.3 is 5.97 Å². The van der Waals surface area contributed by atoms with Crippen LogP contribution in [0.2, 0.25) is 5.02 Å². The molecule has 0 aliphatic carbocycles. The summed E-state index contributed by atoms with van der Waals surface area (Å²) in [7, 11) is 0. The Balaban J connectivity index is 1.62. The van der Waals surface area contributed by atoms with Crippen LogP contribution in [0.5, 0.6) is 0 Å². The van der Waals surface area contributed by atoms with E-state index in [1.165, 1.54) is 17.1 Å². The topological polar surface area (TPSA) is 83.1 Å². The Morgan fingerprint density at radius 1 is 1.10 bits per heavy atom. The van der Waals surface area contributed by atoms with Crippen molar-refractivity contribution < 1.29 is 19.1 Å². The molecule has 0 radical (unpaired) electrons. The Hall–Kier alpha value is -3.64. The first kappa shape index (κ1) is 19.7. The van der Waals surface area contributed by atoms with E-state index in [-0.39, 0.29) is 16.5 Å². The number of aromatic carboxylic acids is 1. The third-order valence-electron chi connectivity index (χ3n) is 4.74. The van der Waals surface area contributed by atoms with Crippen molar-refractivity contribution in [2.45, 2.75) is 13.8 Å². The van der Waals surface area contributed by atoms with Crippen LogP contribution >= 0.6 is 11.6 Å². The number of nitrogens with zero attached hydrogens (tertiary/aromatic N) is 2. The van der Waals surface area contributed by atoms with E-state index in [2.05, 4.69) is 5.10 Å². The predicted molar refractivity (Wildman–Crippen MR) is 116 cm³/mol. The fourth-order valence-electron chi connectivity index (χ4n) is 3.12. The van der Waals surface area contributed by atoms with Crippen molar-refractivity contribution in [3.05, 3.63) is 82.1 Å². The molecular formula is C23H17ClN2O4. The van der Waals surface area contributed by atoms with Gasteiger partial charge in [0, 0.05) is 5.56 Å². The maximum atomic E-state index is 12.9. The summed E-state index contributed by atoms with van der Waals surface area (Å²) in [5.74, 6) is -0.429. The van der Waals surface area contributed by atoms with Crippen molar-refractivity contribution >= 4 is 41.0 Å². The maximum absolute atomic E-state index is 12.9. The fraction of sp³-hybridized carbons (Fsp3) is 0.0870. The van der Waals surface area contributed by atoms with Crippen molar-refractivity contribution in [3.8, 4) is 11.3 Å². The first-order valence-electron chi connectivity index (χ1n) is 9.15. The van der Waals surface area contributed by atoms with Gasteiger partial charge in [-0.2, -0.15) is 10.1 Å². The Morgan fingerprint density at radius 3 is 2.53 bits per heavy atom. The Labute approximate surface area is 177 Å². The summed E-state index contributed by atoms with van der Waals surface area (Å²) in [6.45, 7) is 3.74. The van der Waals surface area contributed by atoms with Gasteiger partial charge in [0.05, 0.1) is 27.6 Å². The van der Waals surface area contributed by atoms with Gasteiger partial charge in [0.15, 0.2) is 0 Å². The highest BCUT2D eigenvalue weighted by atomic mass is 35.5. The zero-order chi connectivity index (χ0) is 21.4. The van der Waals surface area contributed by atoms with Crippen LogP contribution in [0.1, 0.15) is 28.6 Å². The average molecular weight is 421 g/mol. The van der Waals surface area contributed by atoms with E-state index in [4.69, 9.17) is 16.0 Å². The minimum atomic E-state index is -1.12. The highest BCUT2D eigenvalue weighted by Crippen LogP contribution is 2.29. The number of hydrazone groups is 1. The van der Waals surface area contributed by atoms with Gasteiger partial charge in [-0.05, 0) is 62.4 Å². The van der Waals surface area contributed by atoms with Crippen molar-refractivity contribution in [2.75, 3.05) is 5.01 Å². The number of hydrogen-bond acceptors (Lipinski definition) is 4. The van der Waals surface area contributed by atoms with Crippen LogP contribution in [0.25, 0.3) is 17.4 Å². The molecule has 0 spiro atoms. The third-order valence-corrected chi connectivity index (χ3v) is 5.07. The van der Waals surface area contributed by atoms with E-state index in [0.717, 1.165) is 5.56 Å². The normalized spacial score (nSPS) is 15.0. The second kappa shape index (κ2) is 7.65. The number of furan rings is 1. The predicted octanol–water partition coefficient (Wildman–Crippen LogP) is 5.41. The number of amides is 1. The number of hydrogen-bond donors (Lipinski definition) is 1. The van der Waals surface area contributed by atoms with E-state index in [1.54, 1.807) is 31.2 Å². The number of carbonyl (C=O) groups excluding carboxylic acids is 1. The molecule has 2 heterocycles. The number of carbonyl (C=O) groups is 2. The van der Waals surface area contributed by atoms with Gasteiger partial charge in [-0.25, -0.2) is 4.79 Å². The SMILES string of the molecule is CC1=NN(c2ccc(C)cc2)C(=O)/C1=C/c1ccc(-c2ccc(Cl)c(C(=O)O)c2)o1. The molecule has 0 bridgehead atoms.